The molecule has 0 aliphatic rings. The van der Waals surface area contributed by atoms with Gasteiger partial charge in [-0.1, -0.05) is 15.9 Å². The van der Waals surface area contributed by atoms with E-state index >= 15 is 0 Å². The van der Waals surface area contributed by atoms with Crippen molar-refractivity contribution >= 4 is 43.5 Å². The molecule has 0 aliphatic carbocycles. The fourth-order valence-electron chi connectivity index (χ4n) is 1.26. The summed E-state index contributed by atoms with van der Waals surface area (Å²) in [5.74, 6) is 0.488. The molecule has 0 amide bonds. The van der Waals surface area contributed by atoms with Crippen LogP contribution in [0, 0.1) is 10.1 Å². The highest BCUT2D eigenvalue weighted by atomic mass is 79.9. The highest BCUT2D eigenvalue weighted by Crippen LogP contribution is 2.32. The van der Waals surface area contributed by atoms with Gasteiger partial charge >= 0.3 is 0 Å². The Morgan fingerprint density at radius 1 is 1.32 bits per heavy atom. The van der Waals surface area contributed by atoms with Crippen LogP contribution >= 0.6 is 31.9 Å². The van der Waals surface area contributed by atoms with Crippen molar-refractivity contribution in [2.75, 3.05) is 5.73 Å². The second-order valence-electron chi connectivity index (χ2n) is 3.39. The minimum atomic E-state index is -0.513. The number of nitrogens with zero attached hydrogens (tertiary/aromatic N) is 3. The van der Waals surface area contributed by atoms with Gasteiger partial charge in [0, 0.05) is 10.5 Å². The lowest BCUT2D eigenvalue weighted by Gasteiger charge is -2.07. The molecule has 0 saturated heterocycles. The Bertz CT molecular complexity index is 651. The minimum absolute atomic E-state index is 0.0442. The maximum Gasteiger partial charge on any atom is 0.274 e. The molecule has 7 nitrogen and oxygen atoms in total. The number of rotatable bonds is 3. The molecule has 0 unspecified atom stereocenters. The average molecular weight is 390 g/mol. The Labute approximate surface area is 124 Å². The van der Waals surface area contributed by atoms with E-state index in [0.717, 1.165) is 0 Å². The van der Waals surface area contributed by atoms with Crippen LogP contribution in [-0.2, 0) is 0 Å². The lowest BCUT2D eigenvalue weighted by molar-refractivity contribution is -0.385. The fraction of sp³-hybridized carbons (Fsp3) is 0. The maximum atomic E-state index is 10.8. The molecule has 0 radical (unpaired) electrons. The van der Waals surface area contributed by atoms with E-state index in [0.29, 0.717) is 8.95 Å². The van der Waals surface area contributed by atoms with E-state index in [-0.39, 0.29) is 23.3 Å². The highest BCUT2D eigenvalue weighted by molar-refractivity contribution is 9.10. The molecular formula is C10H6Br2N4O3. The Morgan fingerprint density at radius 3 is 2.74 bits per heavy atom. The van der Waals surface area contributed by atoms with Crippen molar-refractivity contribution < 1.29 is 9.66 Å². The first-order valence-electron chi connectivity index (χ1n) is 4.86. The smallest absolute Gasteiger partial charge is 0.274 e. The second kappa shape index (κ2) is 5.49. The zero-order chi connectivity index (χ0) is 14.0. The molecule has 1 heterocycles. The van der Waals surface area contributed by atoms with Crippen molar-refractivity contribution in [3.8, 4) is 11.6 Å². The lowest BCUT2D eigenvalue weighted by atomic mass is 10.3. The molecule has 98 valence electrons. The predicted molar refractivity (Wildman–Crippen MR) is 75.0 cm³/mol. The van der Waals surface area contributed by atoms with Crippen LogP contribution < -0.4 is 10.5 Å². The van der Waals surface area contributed by atoms with Gasteiger partial charge in [0.05, 0.1) is 21.7 Å². The molecule has 1 aromatic heterocycles. The van der Waals surface area contributed by atoms with Crippen molar-refractivity contribution in [1.29, 1.82) is 0 Å². The van der Waals surface area contributed by atoms with Gasteiger partial charge < -0.3 is 10.5 Å². The molecule has 0 saturated carbocycles. The van der Waals surface area contributed by atoms with Gasteiger partial charge in [0.2, 0.25) is 11.8 Å². The first kappa shape index (κ1) is 13.7. The number of hydrogen-bond acceptors (Lipinski definition) is 6. The van der Waals surface area contributed by atoms with E-state index in [1.165, 1.54) is 18.3 Å². The molecule has 0 spiro atoms. The number of aromatic nitrogens is 2. The maximum absolute atomic E-state index is 10.8. The Morgan fingerprint density at radius 2 is 2.05 bits per heavy atom. The average Bonchev–Trinajstić information content (AvgIpc) is 2.33. The van der Waals surface area contributed by atoms with Gasteiger partial charge in [-0.15, -0.1) is 0 Å². The van der Waals surface area contributed by atoms with Gasteiger partial charge in [0.1, 0.15) is 5.75 Å². The van der Waals surface area contributed by atoms with E-state index in [1.54, 1.807) is 6.07 Å². The second-order valence-corrected chi connectivity index (χ2v) is 5.16. The Kier molecular flexibility index (Phi) is 3.96. The molecule has 19 heavy (non-hydrogen) atoms. The molecule has 2 N–H and O–H groups in total. The van der Waals surface area contributed by atoms with Crippen molar-refractivity contribution in [2.45, 2.75) is 0 Å². The van der Waals surface area contributed by atoms with Crippen molar-refractivity contribution in [2.24, 2.45) is 0 Å². The van der Waals surface area contributed by atoms with Crippen molar-refractivity contribution in [3.63, 3.8) is 0 Å². The van der Waals surface area contributed by atoms with Crippen LogP contribution in [0.3, 0.4) is 0 Å². The van der Waals surface area contributed by atoms with E-state index in [2.05, 4.69) is 41.8 Å². The van der Waals surface area contributed by atoms with Crippen molar-refractivity contribution in [3.05, 3.63) is 43.5 Å². The van der Waals surface area contributed by atoms with Crippen LogP contribution in [0.15, 0.2) is 33.3 Å². The van der Waals surface area contributed by atoms with Gasteiger partial charge in [0.15, 0.2) is 0 Å². The van der Waals surface area contributed by atoms with Crippen LogP contribution in [0.1, 0.15) is 0 Å². The predicted octanol–water partition coefficient (Wildman–Crippen LogP) is 3.28. The quantitative estimate of drug-likeness (QED) is 0.637. The van der Waals surface area contributed by atoms with Crippen LogP contribution in [0.4, 0.5) is 11.6 Å². The standard InChI is InChI=1S/C10H6Br2N4O3/c11-5-1-6(16(17)18)3-7(2-5)19-9-8(12)4-14-10(13)15-9/h1-4H,(H2,13,14,15). The number of nitrogen functional groups attached to an aromatic ring is 1. The molecule has 1 aromatic carbocycles. The Balaban J connectivity index is 2.38. The molecule has 9 heteroatoms. The first-order chi connectivity index (χ1) is 8.95. The zero-order valence-corrected chi connectivity index (χ0v) is 12.4. The van der Waals surface area contributed by atoms with E-state index < -0.39 is 4.92 Å². The van der Waals surface area contributed by atoms with Crippen LogP contribution in [0.5, 0.6) is 11.6 Å². The number of halogens is 2. The summed E-state index contributed by atoms with van der Waals surface area (Å²) in [6.45, 7) is 0. The van der Waals surface area contributed by atoms with Crippen molar-refractivity contribution in [1.82, 2.24) is 9.97 Å². The first-order valence-corrected chi connectivity index (χ1v) is 6.45. The number of nitro benzene ring substituents is 1. The number of hydrogen-bond donors (Lipinski definition) is 1. The highest BCUT2D eigenvalue weighted by Gasteiger charge is 2.12. The van der Waals surface area contributed by atoms with E-state index in [9.17, 15) is 10.1 Å². The Hall–Kier alpha value is -1.74. The van der Waals surface area contributed by atoms with Crippen LogP contribution in [0.2, 0.25) is 0 Å². The third-order valence-corrected chi connectivity index (χ3v) is 3.01. The molecule has 0 atom stereocenters. The third-order valence-electron chi connectivity index (χ3n) is 2.01. The number of nitro groups is 1. The third kappa shape index (κ3) is 3.38. The summed E-state index contributed by atoms with van der Waals surface area (Å²) in [4.78, 5) is 17.9. The lowest BCUT2D eigenvalue weighted by Crippen LogP contribution is -1.98. The monoisotopic (exact) mass is 388 g/mol. The van der Waals surface area contributed by atoms with Gasteiger partial charge in [-0.2, -0.15) is 4.98 Å². The van der Waals surface area contributed by atoms with Gasteiger partial charge in [-0.05, 0) is 22.0 Å². The van der Waals surface area contributed by atoms with Gasteiger partial charge in [0.25, 0.3) is 5.69 Å². The molecule has 0 aliphatic heterocycles. The van der Waals surface area contributed by atoms with Gasteiger partial charge in [-0.3, -0.25) is 10.1 Å². The summed E-state index contributed by atoms with van der Waals surface area (Å²) in [5, 5.41) is 10.8. The normalized spacial score (nSPS) is 10.2. The number of anilines is 1. The van der Waals surface area contributed by atoms with Crippen LogP contribution in [-0.4, -0.2) is 14.9 Å². The molecule has 2 aromatic rings. The van der Waals surface area contributed by atoms with E-state index in [4.69, 9.17) is 10.5 Å². The number of ether oxygens (including phenoxy) is 1. The molecule has 0 fully saturated rings. The summed E-state index contributed by atoms with van der Waals surface area (Å²) < 4.78 is 6.46. The molecule has 2 rings (SSSR count). The zero-order valence-electron chi connectivity index (χ0n) is 9.21. The minimum Gasteiger partial charge on any atom is -0.437 e. The summed E-state index contributed by atoms with van der Waals surface area (Å²) in [7, 11) is 0. The summed E-state index contributed by atoms with van der Waals surface area (Å²) in [6, 6.07) is 4.24. The topological polar surface area (TPSA) is 104 Å². The van der Waals surface area contributed by atoms with Crippen LogP contribution in [0.25, 0.3) is 0 Å². The summed E-state index contributed by atoms with van der Waals surface area (Å²) in [6.07, 6.45) is 1.43. The van der Waals surface area contributed by atoms with Gasteiger partial charge in [-0.25, -0.2) is 4.98 Å². The largest absolute Gasteiger partial charge is 0.437 e. The fourth-order valence-corrected chi connectivity index (χ4v) is 1.99. The van der Waals surface area contributed by atoms with E-state index in [1.807, 2.05) is 0 Å². The SMILES string of the molecule is Nc1ncc(Br)c(Oc2cc(Br)cc([N+](=O)[O-])c2)n1. The molecular weight excluding hydrogens is 384 g/mol. The number of nitrogens with two attached hydrogens (primary N) is 1. The number of benzene rings is 1. The summed E-state index contributed by atoms with van der Waals surface area (Å²) in [5.41, 5.74) is 5.35. The summed E-state index contributed by atoms with van der Waals surface area (Å²) >= 11 is 6.38. The number of non-ortho nitro benzene ring substituents is 1. The molecule has 0 bridgehead atoms.